The number of aryl methyl sites for hydroxylation is 2. The average molecular weight is 618 g/mol. The summed E-state index contributed by atoms with van der Waals surface area (Å²) in [7, 11) is 0. The molecule has 45 heavy (non-hydrogen) atoms. The number of anilines is 2. The number of amides is 4. The first-order valence-corrected chi connectivity index (χ1v) is 14.5. The molecule has 236 valence electrons. The summed E-state index contributed by atoms with van der Waals surface area (Å²) in [5.41, 5.74) is 11.7. The van der Waals surface area contributed by atoms with Gasteiger partial charge in [0.15, 0.2) is 5.69 Å². The third-order valence-corrected chi connectivity index (χ3v) is 6.97. The van der Waals surface area contributed by atoms with E-state index in [9.17, 15) is 19.2 Å². The maximum Gasteiger partial charge on any atom is 0.363 e. The van der Waals surface area contributed by atoms with Crippen molar-refractivity contribution in [3.8, 4) is 0 Å². The number of hydrogen-bond donors (Lipinski definition) is 3. The highest BCUT2D eigenvalue weighted by Crippen LogP contribution is 2.22. The normalized spacial score (nSPS) is 15.5. The first-order valence-electron chi connectivity index (χ1n) is 14.5. The van der Waals surface area contributed by atoms with Crippen LogP contribution in [0.5, 0.6) is 0 Å². The molecule has 4 rings (SSSR count). The maximum atomic E-state index is 13.4. The Hall–Kier alpha value is -5.37. The Bertz CT molecular complexity index is 1570. The summed E-state index contributed by atoms with van der Waals surface area (Å²) < 4.78 is 9.92. The van der Waals surface area contributed by atoms with Gasteiger partial charge in [-0.2, -0.15) is 10.0 Å². The summed E-state index contributed by atoms with van der Waals surface area (Å²) in [5.74, 6) is 0.113. The fourth-order valence-electron chi connectivity index (χ4n) is 4.97. The topological polar surface area (TPSA) is 178 Å². The second-order valence-corrected chi connectivity index (χ2v) is 10.2. The first kappa shape index (κ1) is 32.5. The molecule has 0 saturated heterocycles. The van der Waals surface area contributed by atoms with Gasteiger partial charge < -0.3 is 20.5 Å². The van der Waals surface area contributed by atoms with Gasteiger partial charge in [0.1, 0.15) is 18.9 Å². The lowest BCUT2D eigenvalue weighted by atomic mass is 10.2. The van der Waals surface area contributed by atoms with Crippen LogP contribution in [-0.2, 0) is 9.47 Å². The van der Waals surface area contributed by atoms with Crippen molar-refractivity contribution in [3.63, 3.8) is 0 Å². The minimum absolute atomic E-state index is 0.0880. The average Bonchev–Trinajstić information content (AvgIpc) is 3.40. The van der Waals surface area contributed by atoms with E-state index in [4.69, 9.17) is 20.2 Å². The molecule has 1 atom stereocenters. The van der Waals surface area contributed by atoms with Gasteiger partial charge in [-0.1, -0.05) is 0 Å². The number of carbonyl (C=O) groups is 4. The first-order chi connectivity index (χ1) is 21.5. The number of aliphatic imine (C=N–C) groups is 1. The number of esters is 2. The Balaban J connectivity index is 1.60. The Labute approximate surface area is 260 Å². The third-order valence-electron chi connectivity index (χ3n) is 6.97. The van der Waals surface area contributed by atoms with Crippen molar-refractivity contribution in [2.45, 2.75) is 27.7 Å². The Morgan fingerprint density at radius 2 is 1.51 bits per heavy atom. The van der Waals surface area contributed by atoms with Gasteiger partial charge in [0.25, 0.3) is 5.84 Å². The Kier molecular flexibility index (Phi) is 10.4. The predicted molar refractivity (Wildman–Crippen MR) is 167 cm³/mol. The van der Waals surface area contributed by atoms with Crippen molar-refractivity contribution in [2.24, 2.45) is 10.7 Å². The molecule has 3 aromatic rings. The molecule has 1 aliphatic rings. The molecule has 14 heteroatoms. The van der Waals surface area contributed by atoms with E-state index < -0.39 is 24.0 Å². The number of aromatic nitrogens is 2. The van der Waals surface area contributed by atoms with Crippen LogP contribution in [0.3, 0.4) is 0 Å². The lowest BCUT2D eigenvalue weighted by molar-refractivity contribution is -0.868. The minimum Gasteiger partial charge on any atom is -0.462 e. The Morgan fingerprint density at radius 1 is 0.911 bits per heavy atom. The van der Waals surface area contributed by atoms with Crippen LogP contribution in [0.4, 0.5) is 21.0 Å². The molecule has 1 aromatic heterocycles. The minimum atomic E-state index is -0.713. The number of hydrogen-bond acceptors (Lipinski definition) is 9. The molecule has 0 bridgehead atoms. The highest BCUT2D eigenvalue weighted by molar-refractivity contribution is 5.96. The van der Waals surface area contributed by atoms with Crippen molar-refractivity contribution < 1.29 is 33.2 Å². The van der Waals surface area contributed by atoms with E-state index in [-0.39, 0.29) is 30.9 Å². The summed E-state index contributed by atoms with van der Waals surface area (Å²) in [6, 6.07) is 13.2. The highest BCUT2D eigenvalue weighted by Gasteiger charge is 2.43. The molecule has 1 aliphatic heterocycles. The molecular formula is C31H37N8O6+. The number of benzene rings is 2. The molecule has 0 spiro atoms. The number of nitrogens with zero attached hydrogens (tertiary/aromatic N) is 5. The van der Waals surface area contributed by atoms with Gasteiger partial charge >= 0.3 is 24.0 Å². The van der Waals surface area contributed by atoms with Gasteiger partial charge in [-0.15, -0.1) is 0 Å². The van der Waals surface area contributed by atoms with E-state index in [1.165, 1.54) is 4.90 Å². The molecule has 1 unspecified atom stereocenters. The van der Waals surface area contributed by atoms with E-state index in [1.54, 1.807) is 75.4 Å². The van der Waals surface area contributed by atoms with Gasteiger partial charge in [-0.3, -0.25) is 4.90 Å². The number of rotatable bonds is 11. The van der Waals surface area contributed by atoms with Crippen molar-refractivity contribution in [3.05, 3.63) is 82.9 Å². The molecule has 2 heterocycles. The molecule has 0 fully saturated rings. The fourth-order valence-corrected chi connectivity index (χ4v) is 4.97. The number of ether oxygens (including phenoxy) is 2. The van der Waals surface area contributed by atoms with Crippen LogP contribution in [0, 0.1) is 13.8 Å². The van der Waals surface area contributed by atoms with Gasteiger partial charge in [-0.25, -0.2) is 34.1 Å². The number of nitrogens with one attached hydrogen (secondary N) is 2. The number of primary amides is 1. The largest absolute Gasteiger partial charge is 0.462 e. The maximum absolute atomic E-state index is 13.4. The van der Waals surface area contributed by atoms with E-state index in [1.807, 2.05) is 6.92 Å². The molecule has 0 radical (unpaired) electrons. The predicted octanol–water partition coefficient (Wildman–Crippen LogP) is 3.35. The summed E-state index contributed by atoms with van der Waals surface area (Å²) in [4.78, 5) is 65.2. The van der Waals surface area contributed by atoms with Crippen LogP contribution in [0.15, 0.2) is 59.6 Å². The van der Waals surface area contributed by atoms with Crippen molar-refractivity contribution in [2.75, 3.05) is 49.6 Å². The molecule has 2 aromatic carbocycles. The quantitative estimate of drug-likeness (QED) is 0.217. The molecular weight excluding hydrogens is 580 g/mol. The van der Waals surface area contributed by atoms with Gasteiger partial charge in [0.05, 0.1) is 37.4 Å². The van der Waals surface area contributed by atoms with Crippen LogP contribution in [-0.4, -0.2) is 83.8 Å². The van der Waals surface area contributed by atoms with E-state index in [0.717, 1.165) is 5.69 Å². The van der Waals surface area contributed by atoms with Crippen LogP contribution >= 0.6 is 0 Å². The summed E-state index contributed by atoms with van der Waals surface area (Å²) in [5, 5.41) is 2.80. The molecule has 14 nitrogen and oxygen atoms in total. The van der Waals surface area contributed by atoms with Crippen molar-refractivity contribution in [1.82, 2.24) is 15.4 Å². The highest BCUT2D eigenvalue weighted by atomic mass is 16.5. The number of nitrogens with two attached hydrogens (primary N) is 1. The van der Waals surface area contributed by atoms with E-state index >= 15 is 0 Å². The number of quaternary nitrogens is 1. The molecule has 0 saturated carbocycles. The summed E-state index contributed by atoms with van der Waals surface area (Å²) >= 11 is 0. The zero-order valence-corrected chi connectivity index (χ0v) is 25.7. The van der Waals surface area contributed by atoms with Crippen molar-refractivity contribution in [1.29, 1.82) is 0 Å². The summed E-state index contributed by atoms with van der Waals surface area (Å²) in [6.07, 6.45) is 0. The second kappa shape index (κ2) is 14.4. The van der Waals surface area contributed by atoms with Gasteiger partial charge in [0, 0.05) is 17.1 Å². The monoisotopic (exact) mass is 617 g/mol. The fraction of sp³-hybridized carbons (Fsp3) is 0.323. The zero-order chi connectivity index (χ0) is 32.6. The van der Waals surface area contributed by atoms with E-state index in [0.29, 0.717) is 52.9 Å². The smallest absolute Gasteiger partial charge is 0.363 e. The van der Waals surface area contributed by atoms with Crippen LogP contribution in [0.2, 0.25) is 0 Å². The van der Waals surface area contributed by atoms with Crippen LogP contribution in [0.25, 0.3) is 0 Å². The van der Waals surface area contributed by atoms with Gasteiger partial charge in [0.2, 0.25) is 0 Å². The zero-order valence-electron chi connectivity index (χ0n) is 25.7. The Morgan fingerprint density at radius 3 is 2.07 bits per heavy atom. The molecule has 4 amide bonds. The number of amidine groups is 1. The number of carbonyl (C=O) groups excluding carboxylic acids is 4. The van der Waals surface area contributed by atoms with Gasteiger partial charge in [-0.05, 0) is 82.3 Å². The van der Waals surface area contributed by atoms with Crippen molar-refractivity contribution >= 4 is 41.2 Å². The lowest BCUT2D eigenvalue weighted by Crippen LogP contribution is -2.65. The summed E-state index contributed by atoms with van der Waals surface area (Å²) in [6.45, 7) is 8.58. The lowest BCUT2D eigenvalue weighted by Gasteiger charge is -2.35. The van der Waals surface area contributed by atoms with E-state index in [2.05, 4.69) is 20.7 Å². The SMILES string of the molecule is CCOC(=O)c1ccc(NC(=O)N[N+]2(CCN(C(N)=O)c3ccc(C(=O)OCC)cc3)CCN=C2c2cc(C)nc(C)n2)cc1. The second-order valence-electron chi connectivity index (χ2n) is 10.2. The third kappa shape index (κ3) is 7.97. The van der Waals surface area contributed by atoms with Crippen LogP contribution in [0.1, 0.15) is 51.8 Å². The standard InChI is InChI=1S/C31H36N8O6/c1-5-44-28(40)22-7-11-24(12-8-22)36-31(43)37-39(17-15-33-27(39)26-19-20(3)34-21(4)35-26)18-16-38(30(32)42)25-13-9-23(10-14-25)29(41)45-6-2/h7-14,19H,5-6,15-18H2,1-4H3,(H3-,32,36,37,40,42,43)/p+1. The number of urea groups is 2. The molecule has 4 N–H and O–H groups in total. The molecule has 0 aliphatic carbocycles. The van der Waals surface area contributed by atoms with Crippen LogP contribution < -0.4 is 21.4 Å².